The van der Waals surface area contributed by atoms with Gasteiger partial charge >= 0.3 is 0 Å². The molecule has 0 radical (unpaired) electrons. The maximum absolute atomic E-state index is 3.86. The molecule has 1 heterocycles. The zero-order valence-corrected chi connectivity index (χ0v) is 12.2. The van der Waals surface area contributed by atoms with Crippen LogP contribution in [0.2, 0.25) is 0 Å². The average molecular weight is 263 g/mol. The van der Waals surface area contributed by atoms with E-state index in [0.717, 1.165) is 17.9 Å². The molecular formula is C16H25NS. The maximum atomic E-state index is 3.86. The van der Waals surface area contributed by atoms with Gasteiger partial charge in [-0.3, -0.25) is 0 Å². The van der Waals surface area contributed by atoms with Crippen LogP contribution >= 0.6 is 11.3 Å². The molecule has 2 fully saturated rings. The van der Waals surface area contributed by atoms with Gasteiger partial charge in [0.2, 0.25) is 0 Å². The van der Waals surface area contributed by atoms with Crippen LogP contribution < -0.4 is 5.32 Å². The minimum atomic E-state index is 0.537. The second kappa shape index (κ2) is 5.75. The molecule has 100 valence electrons. The van der Waals surface area contributed by atoms with Crippen LogP contribution in [0.15, 0.2) is 17.5 Å². The molecule has 0 aromatic carbocycles. The summed E-state index contributed by atoms with van der Waals surface area (Å²) in [6.07, 6.45) is 10.3. The molecule has 2 heteroatoms. The molecule has 18 heavy (non-hydrogen) atoms. The summed E-state index contributed by atoms with van der Waals surface area (Å²) in [6, 6.07) is 5.72. The summed E-state index contributed by atoms with van der Waals surface area (Å²) >= 11 is 1.88. The first-order chi connectivity index (χ1) is 8.83. The van der Waals surface area contributed by atoms with Gasteiger partial charge in [0.25, 0.3) is 0 Å². The number of fused-ring (bicyclic) bond motifs is 1. The number of hydrogen-bond acceptors (Lipinski definition) is 2. The van der Waals surface area contributed by atoms with E-state index in [1.807, 2.05) is 11.3 Å². The lowest BCUT2D eigenvalue weighted by molar-refractivity contribution is 0.139. The van der Waals surface area contributed by atoms with Gasteiger partial charge < -0.3 is 5.32 Å². The second-order valence-electron chi connectivity index (χ2n) is 6.22. The van der Waals surface area contributed by atoms with Crippen molar-refractivity contribution >= 4 is 11.3 Å². The van der Waals surface area contributed by atoms with E-state index in [1.54, 1.807) is 0 Å². The quantitative estimate of drug-likeness (QED) is 0.829. The molecule has 4 atom stereocenters. The van der Waals surface area contributed by atoms with Crippen LogP contribution in [0.3, 0.4) is 0 Å². The first kappa shape index (κ1) is 12.7. The molecule has 0 aliphatic heterocycles. The Balaban J connectivity index is 1.54. The molecule has 1 aromatic heterocycles. The standard InChI is InChI=1S/C16H25NS/c1-12(16-7-4-10-18-16)17-15-9-8-13-5-2-3-6-14(13)11-15/h4,7,10,12-15,17H,2-3,5-6,8-9,11H2,1H3/t12-,13?,14?,15?/m1/s1. The highest BCUT2D eigenvalue weighted by atomic mass is 32.1. The van der Waals surface area contributed by atoms with Crippen LogP contribution in [0.25, 0.3) is 0 Å². The third kappa shape index (κ3) is 2.80. The molecule has 0 saturated heterocycles. The third-order valence-corrected chi connectivity index (χ3v) is 6.05. The molecule has 1 nitrogen and oxygen atoms in total. The lowest BCUT2D eigenvalue weighted by Crippen LogP contribution is -2.39. The molecule has 2 saturated carbocycles. The van der Waals surface area contributed by atoms with E-state index >= 15 is 0 Å². The summed E-state index contributed by atoms with van der Waals surface area (Å²) in [6.45, 7) is 2.32. The Morgan fingerprint density at radius 2 is 2.00 bits per heavy atom. The molecule has 0 bridgehead atoms. The first-order valence-electron chi connectivity index (χ1n) is 7.62. The van der Waals surface area contributed by atoms with Crippen molar-refractivity contribution in [2.75, 3.05) is 0 Å². The van der Waals surface area contributed by atoms with Gasteiger partial charge in [0.15, 0.2) is 0 Å². The van der Waals surface area contributed by atoms with Crippen molar-refractivity contribution < 1.29 is 0 Å². The summed E-state index contributed by atoms with van der Waals surface area (Å²) in [5.74, 6) is 2.09. The fourth-order valence-corrected chi connectivity index (χ4v) is 4.74. The van der Waals surface area contributed by atoms with Gasteiger partial charge in [-0.05, 0) is 49.5 Å². The molecule has 2 aliphatic rings. The summed E-state index contributed by atoms with van der Waals surface area (Å²) in [4.78, 5) is 1.49. The summed E-state index contributed by atoms with van der Waals surface area (Å²) in [5.41, 5.74) is 0. The van der Waals surface area contributed by atoms with Gasteiger partial charge in [-0.1, -0.05) is 31.7 Å². The Morgan fingerprint density at radius 1 is 1.17 bits per heavy atom. The van der Waals surface area contributed by atoms with Crippen molar-refractivity contribution in [3.05, 3.63) is 22.4 Å². The fraction of sp³-hybridized carbons (Fsp3) is 0.750. The van der Waals surface area contributed by atoms with Gasteiger partial charge in [0.05, 0.1) is 0 Å². The van der Waals surface area contributed by atoms with Crippen molar-refractivity contribution in [2.24, 2.45) is 11.8 Å². The third-order valence-electron chi connectivity index (χ3n) is 5.00. The molecule has 0 spiro atoms. The highest BCUT2D eigenvalue weighted by Gasteiger charge is 2.32. The van der Waals surface area contributed by atoms with E-state index in [9.17, 15) is 0 Å². The number of nitrogens with one attached hydrogen (secondary N) is 1. The van der Waals surface area contributed by atoms with Crippen LogP contribution in [0.1, 0.15) is 62.8 Å². The Kier molecular flexibility index (Phi) is 4.05. The molecule has 1 N–H and O–H groups in total. The molecule has 0 amide bonds. The van der Waals surface area contributed by atoms with E-state index < -0.39 is 0 Å². The first-order valence-corrected chi connectivity index (χ1v) is 8.50. The zero-order valence-electron chi connectivity index (χ0n) is 11.4. The monoisotopic (exact) mass is 263 g/mol. The van der Waals surface area contributed by atoms with Gasteiger partial charge in [0.1, 0.15) is 0 Å². The van der Waals surface area contributed by atoms with Crippen LogP contribution in [0.5, 0.6) is 0 Å². The number of thiophene rings is 1. The molecule has 3 unspecified atom stereocenters. The summed E-state index contributed by atoms with van der Waals surface area (Å²) in [5, 5.41) is 6.05. The van der Waals surface area contributed by atoms with Gasteiger partial charge in [-0.2, -0.15) is 0 Å². The Hall–Kier alpha value is -0.340. The highest BCUT2D eigenvalue weighted by molar-refractivity contribution is 7.10. The Morgan fingerprint density at radius 3 is 2.78 bits per heavy atom. The van der Waals surface area contributed by atoms with Gasteiger partial charge in [-0.15, -0.1) is 11.3 Å². The van der Waals surface area contributed by atoms with E-state index in [2.05, 4.69) is 29.8 Å². The van der Waals surface area contributed by atoms with Crippen LogP contribution in [-0.2, 0) is 0 Å². The Labute approximate surface area is 115 Å². The normalized spacial score (nSPS) is 33.9. The van der Waals surface area contributed by atoms with Crippen LogP contribution in [0, 0.1) is 11.8 Å². The minimum absolute atomic E-state index is 0.537. The molecule has 3 rings (SSSR count). The van der Waals surface area contributed by atoms with Crippen LogP contribution in [0.4, 0.5) is 0 Å². The minimum Gasteiger partial charge on any atom is -0.307 e. The number of hydrogen-bond donors (Lipinski definition) is 1. The van der Waals surface area contributed by atoms with Crippen molar-refractivity contribution in [3.63, 3.8) is 0 Å². The van der Waals surface area contributed by atoms with E-state index in [4.69, 9.17) is 0 Å². The van der Waals surface area contributed by atoms with Crippen molar-refractivity contribution in [1.29, 1.82) is 0 Å². The predicted octanol–water partition coefficient (Wildman–Crippen LogP) is 4.76. The lowest BCUT2D eigenvalue weighted by atomic mass is 9.69. The smallest absolute Gasteiger partial charge is 0.0388 e. The number of rotatable bonds is 3. The lowest BCUT2D eigenvalue weighted by Gasteiger charge is -2.40. The average Bonchev–Trinajstić information content (AvgIpc) is 2.92. The van der Waals surface area contributed by atoms with Gasteiger partial charge in [0, 0.05) is 17.0 Å². The fourth-order valence-electron chi connectivity index (χ4n) is 4.00. The largest absolute Gasteiger partial charge is 0.307 e. The zero-order chi connectivity index (χ0) is 12.4. The van der Waals surface area contributed by atoms with Crippen LogP contribution in [-0.4, -0.2) is 6.04 Å². The van der Waals surface area contributed by atoms with Crippen molar-refractivity contribution in [1.82, 2.24) is 5.32 Å². The predicted molar refractivity (Wildman–Crippen MR) is 79.0 cm³/mol. The summed E-state index contributed by atoms with van der Waals surface area (Å²) < 4.78 is 0. The van der Waals surface area contributed by atoms with E-state index in [0.29, 0.717) is 6.04 Å². The SMILES string of the molecule is C[C@@H](NC1CCC2CCCCC2C1)c1cccs1. The Bertz CT molecular complexity index is 359. The van der Waals surface area contributed by atoms with Crippen molar-refractivity contribution in [2.45, 2.75) is 64.0 Å². The van der Waals surface area contributed by atoms with E-state index in [-0.39, 0.29) is 0 Å². The van der Waals surface area contributed by atoms with Crippen molar-refractivity contribution in [3.8, 4) is 0 Å². The topological polar surface area (TPSA) is 12.0 Å². The molecule has 2 aliphatic carbocycles. The molecule has 1 aromatic rings. The van der Waals surface area contributed by atoms with E-state index in [1.165, 1.54) is 49.8 Å². The highest BCUT2D eigenvalue weighted by Crippen LogP contribution is 2.40. The van der Waals surface area contributed by atoms with Gasteiger partial charge in [-0.25, -0.2) is 0 Å². The molecular weight excluding hydrogens is 238 g/mol. The second-order valence-corrected chi connectivity index (χ2v) is 7.20. The summed E-state index contributed by atoms with van der Waals surface area (Å²) in [7, 11) is 0. The maximum Gasteiger partial charge on any atom is 0.0388 e.